The molecule has 0 spiro atoms. The molecule has 1 atom stereocenters. The van der Waals surface area contributed by atoms with Crippen LogP contribution in [0.2, 0.25) is 5.02 Å². The topological polar surface area (TPSA) is 52.7 Å². The number of ether oxygens (including phenoxy) is 1. The van der Waals surface area contributed by atoms with Crippen LogP contribution >= 0.6 is 11.6 Å². The SMILES string of the molecule is [C-]#[N+]N=C1N(CCCO)C[C@H](c2cccc(C(F)(F)F)c2)N1c1ccc(Oc2ccc(Cl)cc2)cc1. The van der Waals surface area contributed by atoms with Gasteiger partial charge in [0.05, 0.1) is 11.6 Å². The molecule has 0 aliphatic carbocycles. The van der Waals surface area contributed by atoms with Crippen molar-refractivity contribution in [3.8, 4) is 11.5 Å². The first kappa shape index (κ1) is 25.4. The predicted octanol–water partition coefficient (Wildman–Crippen LogP) is 6.59. The molecule has 1 aliphatic heterocycles. The molecule has 1 heterocycles. The van der Waals surface area contributed by atoms with Gasteiger partial charge in [-0.3, -0.25) is 4.90 Å². The minimum Gasteiger partial charge on any atom is -0.457 e. The standard InChI is InChI=1S/C26H22ClF3N4O2/c1-31-32-25-33(14-3-15-35)17-24(18-4-2-5-19(16-18)26(28,29)30)34(25)21-8-12-23(13-9-21)36-22-10-6-20(27)7-11-22/h2,4-13,16,24,35H,3,14-15,17H2/t24-/m1/s1. The van der Waals surface area contributed by atoms with Crippen molar-refractivity contribution in [1.82, 2.24) is 4.90 Å². The summed E-state index contributed by atoms with van der Waals surface area (Å²) in [6, 6.07) is 18.5. The smallest absolute Gasteiger partial charge is 0.416 e. The van der Waals surface area contributed by atoms with Crippen molar-refractivity contribution in [2.45, 2.75) is 18.6 Å². The van der Waals surface area contributed by atoms with Gasteiger partial charge in [0.15, 0.2) is 0 Å². The number of hydrogen-bond donors (Lipinski definition) is 1. The van der Waals surface area contributed by atoms with E-state index in [2.05, 4.69) is 10.1 Å². The lowest BCUT2D eigenvalue weighted by molar-refractivity contribution is -0.137. The second-order valence-corrected chi connectivity index (χ2v) is 8.52. The molecule has 1 N–H and O–H groups in total. The van der Waals surface area contributed by atoms with Crippen LogP contribution in [0.5, 0.6) is 11.5 Å². The van der Waals surface area contributed by atoms with Gasteiger partial charge in [0.2, 0.25) is 0 Å². The second-order valence-electron chi connectivity index (χ2n) is 8.08. The number of aliphatic hydroxyl groups is 1. The molecular weight excluding hydrogens is 493 g/mol. The largest absolute Gasteiger partial charge is 0.457 e. The summed E-state index contributed by atoms with van der Waals surface area (Å²) >= 11 is 5.92. The molecule has 10 heteroatoms. The Hall–Kier alpha value is -3.74. The molecule has 0 aromatic heterocycles. The Morgan fingerprint density at radius 2 is 1.72 bits per heavy atom. The van der Waals surface area contributed by atoms with Crippen LogP contribution in [0.3, 0.4) is 0 Å². The summed E-state index contributed by atoms with van der Waals surface area (Å²) in [7, 11) is 0. The molecular formula is C26H22ClF3N4O2. The zero-order chi connectivity index (χ0) is 25.7. The average molecular weight is 515 g/mol. The van der Waals surface area contributed by atoms with Gasteiger partial charge in [-0.15, -0.1) is 4.95 Å². The number of rotatable bonds is 7. The van der Waals surface area contributed by atoms with Crippen LogP contribution in [0.1, 0.15) is 23.6 Å². The number of nitrogens with zero attached hydrogens (tertiary/aromatic N) is 4. The van der Waals surface area contributed by atoms with Gasteiger partial charge < -0.3 is 14.7 Å². The van der Waals surface area contributed by atoms with E-state index >= 15 is 0 Å². The van der Waals surface area contributed by atoms with Crippen LogP contribution < -0.4 is 9.64 Å². The quantitative estimate of drug-likeness (QED) is 0.285. The van der Waals surface area contributed by atoms with E-state index < -0.39 is 17.8 Å². The summed E-state index contributed by atoms with van der Waals surface area (Å²) in [5.74, 6) is 1.46. The Bertz CT molecular complexity index is 1260. The zero-order valence-corrected chi connectivity index (χ0v) is 19.7. The van der Waals surface area contributed by atoms with E-state index in [0.29, 0.717) is 53.2 Å². The Kier molecular flexibility index (Phi) is 7.67. The van der Waals surface area contributed by atoms with Crippen molar-refractivity contribution in [3.05, 3.63) is 100 Å². The Balaban J connectivity index is 1.70. The highest BCUT2D eigenvalue weighted by atomic mass is 35.5. The first-order valence-corrected chi connectivity index (χ1v) is 11.5. The molecule has 0 unspecified atom stereocenters. The fourth-order valence-corrected chi connectivity index (χ4v) is 4.18. The van der Waals surface area contributed by atoms with Gasteiger partial charge in [0.1, 0.15) is 16.6 Å². The number of hydrogen-bond acceptors (Lipinski definition) is 3. The van der Waals surface area contributed by atoms with Crippen LogP contribution in [0.15, 0.2) is 77.9 Å². The first-order valence-electron chi connectivity index (χ1n) is 11.1. The molecule has 3 aromatic rings. The number of anilines is 1. The third-order valence-corrected chi connectivity index (χ3v) is 5.94. The van der Waals surface area contributed by atoms with Crippen molar-refractivity contribution in [2.75, 3.05) is 24.6 Å². The van der Waals surface area contributed by atoms with Crippen molar-refractivity contribution >= 4 is 23.2 Å². The van der Waals surface area contributed by atoms with E-state index in [1.165, 1.54) is 6.07 Å². The lowest BCUT2D eigenvalue weighted by Crippen LogP contribution is -2.34. The fourth-order valence-electron chi connectivity index (χ4n) is 4.06. The molecule has 186 valence electrons. The van der Waals surface area contributed by atoms with Crippen LogP contribution in [-0.2, 0) is 6.18 Å². The van der Waals surface area contributed by atoms with Gasteiger partial charge in [-0.25, -0.2) is 0 Å². The van der Waals surface area contributed by atoms with Crippen molar-refractivity contribution in [3.63, 3.8) is 0 Å². The van der Waals surface area contributed by atoms with E-state index in [1.54, 1.807) is 64.4 Å². The highest BCUT2D eigenvalue weighted by molar-refractivity contribution is 6.30. The Labute approximate surface area is 211 Å². The van der Waals surface area contributed by atoms with E-state index in [0.717, 1.165) is 12.1 Å². The highest BCUT2D eigenvalue weighted by Gasteiger charge is 2.40. The monoisotopic (exact) mass is 514 g/mol. The summed E-state index contributed by atoms with van der Waals surface area (Å²) in [6.07, 6.45) is -4.06. The molecule has 4 rings (SSSR count). The van der Waals surface area contributed by atoms with Gasteiger partial charge in [-0.2, -0.15) is 19.7 Å². The number of benzene rings is 3. The van der Waals surface area contributed by atoms with Crippen molar-refractivity contribution in [2.24, 2.45) is 5.10 Å². The van der Waals surface area contributed by atoms with E-state index in [1.807, 2.05) is 0 Å². The highest BCUT2D eigenvalue weighted by Crippen LogP contribution is 2.38. The van der Waals surface area contributed by atoms with Crippen LogP contribution in [0.4, 0.5) is 18.9 Å². The fraction of sp³-hybridized carbons (Fsp3) is 0.231. The molecule has 6 nitrogen and oxygen atoms in total. The van der Waals surface area contributed by atoms with E-state index in [9.17, 15) is 18.3 Å². The molecule has 1 saturated heterocycles. The van der Waals surface area contributed by atoms with Gasteiger partial charge in [0, 0.05) is 30.4 Å². The summed E-state index contributed by atoms with van der Waals surface area (Å²) in [6.45, 7) is 7.94. The minimum atomic E-state index is -4.48. The number of halogens is 4. The summed E-state index contributed by atoms with van der Waals surface area (Å²) in [5.41, 5.74) is 0.328. The third-order valence-electron chi connectivity index (χ3n) is 5.69. The Morgan fingerprint density at radius 3 is 2.33 bits per heavy atom. The second kappa shape index (κ2) is 10.9. The maximum atomic E-state index is 13.4. The van der Waals surface area contributed by atoms with E-state index in [-0.39, 0.29) is 6.61 Å². The molecule has 0 bridgehead atoms. The number of aliphatic hydroxyl groups excluding tert-OH is 1. The lowest BCUT2D eigenvalue weighted by Gasteiger charge is -2.25. The van der Waals surface area contributed by atoms with Gasteiger partial charge in [-0.1, -0.05) is 23.7 Å². The lowest BCUT2D eigenvalue weighted by atomic mass is 10.0. The maximum absolute atomic E-state index is 13.4. The average Bonchev–Trinajstić information content (AvgIpc) is 3.22. The summed E-state index contributed by atoms with van der Waals surface area (Å²) in [4.78, 5) is 6.74. The maximum Gasteiger partial charge on any atom is 0.416 e. The number of alkyl halides is 3. The predicted molar refractivity (Wildman–Crippen MR) is 132 cm³/mol. The van der Waals surface area contributed by atoms with E-state index in [4.69, 9.17) is 22.9 Å². The number of guanidine groups is 1. The zero-order valence-electron chi connectivity index (χ0n) is 19.0. The van der Waals surface area contributed by atoms with Crippen LogP contribution in [0, 0.1) is 6.57 Å². The third kappa shape index (κ3) is 5.73. The molecule has 0 amide bonds. The molecule has 1 fully saturated rings. The molecule has 0 saturated carbocycles. The van der Waals surface area contributed by atoms with Crippen molar-refractivity contribution < 1.29 is 23.0 Å². The molecule has 1 aliphatic rings. The summed E-state index contributed by atoms with van der Waals surface area (Å²) < 4.78 is 46.1. The van der Waals surface area contributed by atoms with Crippen LogP contribution in [0.25, 0.3) is 4.95 Å². The Morgan fingerprint density at radius 1 is 1.06 bits per heavy atom. The van der Waals surface area contributed by atoms with Crippen molar-refractivity contribution in [1.29, 1.82) is 0 Å². The van der Waals surface area contributed by atoms with Gasteiger partial charge >= 0.3 is 6.18 Å². The minimum absolute atomic E-state index is 0.0627. The van der Waals surface area contributed by atoms with Gasteiger partial charge in [-0.05, 0) is 72.6 Å². The van der Waals surface area contributed by atoms with Crippen LogP contribution in [-0.4, -0.2) is 35.7 Å². The molecule has 36 heavy (non-hydrogen) atoms. The normalized spacial score (nSPS) is 16.9. The molecule has 3 aromatic carbocycles. The summed E-state index contributed by atoms with van der Waals surface area (Å²) in [5, 5.41) is 13.9. The molecule has 0 radical (unpaired) electrons. The first-order chi connectivity index (χ1) is 17.3. The van der Waals surface area contributed by atoms with Gasteiger partial charge in [0.25, 0.3) is 5.96 Å².